The lowest BCUT2D eigenvalue weighted by Gasteiger charge is -2.01. The second kappa shape index (κ2) is 5.63. The molecule has 0 unspecified atom stereocenters. The van der Waals surface area contributed by atoms with Gasteiger partial charge in [-0.15, -0.1) is 11.8 Å². The first kappa shape index (κ1) is 15.8. The number of fused-ring (bicyclic) bond motifs is 6. The third-order valence-corrected chi connectivity index (χ3v) is 6.00. The van der Waals surface area contributed by atoms with E-state index in [2.05, 4.69) is 46.9 Å². The minimum atomic E-state index is -0.00719. The van der Waals surface area contributed by atoms with Gasteiger partial charge in [-0.1, -0.05) is 48.5 Å². The van der Waals surface area contributed by atoms with Crippen LogP contribution in [-0.2, 0) is 0 Å². The van der Waals surface area contributed by atoms with Crippen molar-refractivity contribution < 1.29 is 0 Å². The van der Waals surface area contributed by atoms with Gasteiger partial charge >= 0.3 is 0 Å². The zero-order valence-electron chi connectivity index (χ0n) is 15.2. The predicted octanol–water partition coefficient (Wildman–Crippen LogP) is 5.78. The number of benzene rings is 3. The molecule has 6 rings (SSSR count). The van der Waals surface area contributed by atoms with E-state index in [-0.39, 0.29) is 5.56 Å². The van der Waals surface area contributed by atoms with Gasteiger partial charge in [-0.05, 0) is 29.9 Å². The van der Waals surface area contributed by atoms with Crippen molar-refractivity contribution in [1.82, 2.24) is 8.80 Å². The van der Waals surface area contributed by atoms with Crippen molar-refractivity contribution in [3.05, 3.63) is 88.2 Å². The maximum absolute atomic E-state index is 13.4. The first-order valence-corrected chi connectivity index (χ1v) is 10.5. The fraction of sp³-hybridized carbons (Fsp3) is 0.0417. The smallest absolute Gasteiger partial charge is 0.257 e. The number of para-hydroxylation sites is 2. The summed E-state index contributed by atoms with van der Waals surface area (Å²) < 4.78 is 4.11. The molecule has 0 saturated carbocycles. The number of aromatic nitrogens is 2. The highest BCUT2D eigenvalue weighted by molar-refractivity contribution is 8.01. The summed E-state index contributed by atoms with van der Waals surface area (Å²) in [7, 11) is 0. The molecule has 0 aliphatic rings. The Bertz CT molecular complexity index is 1620. The molecule has 0 N–H and O–H groups in total. The van der Waals surface area contributed by atoms with Gasteiger partial charge in [-0.25, -0.2) is 0 Å². The van der Waals surface area contributed by atoms with Gasteiger partial charge in [-0.2, -0.15) is 0 Å². The second-order valence-corrected chi connectivity index (χ2v) is 7.75. The summed E-state index contributed by atoms with van der Waals surface area (Å²) in [5.41, 5.74) is 5.05. The number of thioether (sulfide) groups is 1. The van der Waals surface area contributed by atoms with Crippen LogP contribution in [0.15, 0.2) is 76.9 Å². The lowest BCUT2D eigenvalue weighted by Crippen LogP contribution is -2.07. The Labute approximate surface area is 164 Å². The summed E-state index contributed by atoms with van der Waals surface area (Å²) in [5, 5.41) is 6.63. The van der Waals surface area contributed by atoms with Crippen molar-refractivity contribution in [1.29, 1.82) is 0 Å². The normalized spacial score (nSPS) is 12.6. The standard InChI is InChI=1S/C24H16N2OS/c1-28-13-12-15-14-22(27)26-21-9-5-3-7-17(21)19-11-10-18-16-6-2-4-8-20(16)25(15)23(18)24(19)26/h2-14H,1H3/b13-12-. The minimum Gasteiger partial charge on any atom is -0.307 e. The highest BCUT2D eigenvalue weighted by atomic mass is 32.2. The van der Waals surface area contributed by atoms with Crippen molar-refractivity contribution in [2.45, 2.75) is 0 Å². The monoisotopic (exact) mass is 380 g/mol. The van der Waals surface area contributed by atoms with E-state index in [0.29, 0.717) is 0 Å². The summed E-state index contributed by atoms with van der Waals surface area (Å²) in [4.78, 5) is 13.4. The van der Waals surface area contributed by atoms with Gasteiger partial charge in [0.15, 0.2) is 0 Å². The molecule has 0 aliphatic carbocycles. The quantitative estimate of drug-likeness (QED) is 0.380. The van der Waals surface area contributed by atoms with Crippen LogP contribution in [-0.4, -0.2) is 15.1 Å². The molecule has 0 bridgehead atoms. The first-order chi connectivity index (χ1) is 13.8. The Morgan fingerprint density at radius 2 is 1.32 bits per heavy atom. The van der Waals surface area contributed by atoms with E-state index >= 15 is 0 Å². The third kappa shape index (κ3) is 1.88. The van der Waals surface area contributed by atoms with E-state index < -0.39 is 0 Å². The number of hydrogen-bond acceptors (Lipinski definition) is 2. The van der Waals surface area contributed by atoms with Crippen molar-refractivity contribution in [3.63, 3.8) is 0 Å². The molecule has 0 atom stereocenters. The van der Waals surface area contributed by atoms with Crippen molar-refractivity contribution >= 4 is 61.4 Å². The van der Waals surface area contributed by atoms with Crippen molar-refractivity contribution in [2.24, 2.45) is 0 Å². The fourth-order valence-electron chi connectivity index (χ4n) is 4.51. The average Bonchev–Trinajstić information content (AvgIpc) is 3.20. The minimum absolute atomic E-state index is 0.00719. The van der Waals surface area contributed by atoms with Crippen LogP contribution < -0.4 is 5.56 Å². The number of nitrogens with zero attached hydrogens (tertiary/aromatic N) is 2. The fourth-order valence-corrected chi connectivity index (χ4v) is 4.79. The Balaban J connectivity index is 2.06. The SMILES string of the molecule is CS/C=C\c1cc(=O)n2c3ccccc3c3ccc4c5ccccc5n1c4c32. The number of hydrogen-bond donors (Lipinski definition) is 0. The maximum atomic E-state index is 13.4. The van der Waals surface area contributed by atoms with E-state index in [9.17, 15) is 4.79 Å². The molecule has 6 aromatic rings. The highest BCUT2D eigenvalue weighted by Crippen LogP contribution is 2.38. The van der Waals surface area contributed by atoms with Crippen LogP contribution in [0.4, 0.5) is 0 Å². The molecule has 28 heavy (non-hydrogen) atoms. The van der Waals surface area contributed by atoms with Crippen LogP contribution in [0.25, 0.3) is 49.7 Å². The van der Waals surface area contributed by atoms with Crippen molar-refractivity contribution in [2.75, 3.05) is 6.26 Å². The lowest BCUT2D eigenvalue weighted by molar-refractivity contribution is 1.19. The van der Waals surface area contributed by atoms with Crippen LogP contribution in [0.1, 0.15) is 5.69 Å². The average molecular weight is 380 g/mol. The molecule has 3 aromatic carbocycles. The molecule has 0 fully saturated rings. The van der Waals surface area contributed by atoms with Gasteiger partial charge < -0.3 is 4.40 Å². The second-order valence-electron chi connectivity index (χ2n) is 7.01. The molecule has 0 amide bonds. The Morgan fingerprint density at radius 3 is 1.96 bits per heavy atom. The highest BCUT2D eigenvalue weighted by Gasteiger charge is 2.19. The molecule has 4 heteroatoms. The van der Waals surface area contributed by atoms with Crippen LogP contribution >= 0.6 is 11.8 Å². The maximum Gasteiger partial charge on any atom is 0.257 e. The molecular weight excluding hydrogens is 364 g/mol. The first-order valence-electron chi connectivity index (χ1n) is 9.20. The molecular formula is C24H16N2OS. The summed E-state index contributed by atoms with van der Waals surface area (Å²) in [6.07, 6.45) is 4.05. The Morgan fingerprint density at radius 1 is 0.750 bits per heavy atom. The van der Waals surface area contributed by atoms with E-state index in [1.54, 1.807) is 17.8 Å². The summed E-state index contributed by atoms with van der Waals surface area (Å²) in [5.74, 6) is 0. The summed E-state index contributed by atoms with van der Waals surface area (Å²) in [6.45, 7) is 0. The van der Waals surface area contributed by atoms with Gasteiger partial charge in [0.1, 0.15) is 0 Å². The largest absolute Gasteiger partial charge is 0.307 e. The molecule has 3 heterocycles. The van der Waals surface area contributed by atoms with E-state index in [4.69, 9.17) is 0 Å². The van der Waals surface area contributed by atoms with Gasteiger partial charge in [0.2, 0.25) is 0 Å². The topological polar surface area (TPSA) is 25.9 Å². The Hall–Kier alpha value is -3.24. The van der Waals surface area contributed by atoms with Crippen LogP contribution in [0.5, 0.6) is 0 Å². The molecule has 0 aliphatic heterocycles. The zero-order valence-corrected chi connectivity index (χ0v) is 16.0. The van der Waals surface area contributed by atoms with Crippen LogP contribution in [0.2, 0.25) is 0 Å². The molecule has 0 spiro atoms. The van der Waals surface area contributed by atoms with Gasteiger partial charge in [0.25, 0.3) is 5.56 Å². The molecule has 3 nitrogen and oxygen atoms in total. The summed E-state index contributed by atoms with van der Waals surface area (Å²) in [6, 6.07) is 22.7. The Kier molecular flexibility index (Phi) is 3.17. The van der Waals surface area contributed by atoms with Gasteiger partial charge in [-0.3, -0.25) is 9.20 Å². The van der Waals surface area contributed by atoms with E-state index in [0.717, 1.165) is 38.5 Å². The van der Waals surface area contributed by atoms with Gasteiger partial charge in [0, 0.05) is 27.6 Å². The van der Waals surface area contributed by atoms with Crippen LogP contribution in [0, 0.1) is 0 Å². The zero-order chi connectivity index (χ0) is 18.8. The third-order valence-electron chi connectivity index (χ3n) is 5.59. The number of rotatable bonds is 2. The molecule has 134 valence electrons. The summed E-state index contributed by atoms with van der Waals surface area (Å²) >= 11 is 1.63. The van der Waals surface area contributed by atoms with Gasteiger partial charge in [0.05, 0.1) is 27.8 Å². The van der Waals surface area contributed by atoms with Crippen molar-refractivity contribution in [3.8, 4) is 0 Å². The predicted molar refractivity (Wildman–Crippen MR) is 121 cm³/mol. The van der Waals surface area contributed by atoms with E-state index in [1.165, 1.54) is 10.8 Å². The lowest BCUT2D eigenvalue weighted by atomic mass is 10.1. The molecule has 0 saturated heterocycles. The van der Waals surface area contributed by atoms with Crippen LogP contribution in [0.3, 0.4) is 0 Å². The molecule has 3 aromatic heterocycles. The molecule has 0 radical (unpaired) electrons. The van der Waals surface area contributed by atoms with E-state index in [1.807, 2.05) is 40.3 Å².